The lowest BCUT2D eigenvalue weighted by molar-refractivity contribution is -0.144. The molecule has 69 heavy (non-hydrogen) atoms. The molecular weight excluding hydrogens is 913 g/mol. The van der Waals surface area contributed by atoms with Crippen molar-refractivity contribution in [3.05, 3.63) is 0 Å². The van der Waals surface area contributed by atoms with Gasteiger partial charge in [-0.25, -0.2) is 14.4 Å². The minimum absolute atomic E-state index is 0.0120. The topological polar surface area (TPSA) is 375 Å². The number of carbonyl (C=O) groups is 10. The zero-order chi connectivity index (χ0) is 51.5. The highest BCUT2D eigenvalue weighted by molar-refractivity contribution is 5.87. The Bertz CT molecular complexity index is 1540. The van der Waals surface area contributed by atoms with E-state index in [-0.39, 0.29) is 110 Å². The molecule has 0 saturated heterocycles. The molecule has 0 saturated carbocycles. The highest BCUT2D eigenvalue weighted by Crippen LogP contribution is 2.14. The number of hydrogen-bond donors (Lipinski definition) is 10. The molecule has 0 heterocycles. The summed E-state index contributed by atoms with van der Waals surface area (Å²) in [5, 5.41) is 49.2. The fourth-order valence-corrected chi connectivity index (χ4v) is 6.53. The van der Waals surface area contributed by atoms with Gasteiger partial charge in [0.05, 0.1) is 39.6 Å². The van der Waals surface area contributed by atoms with Gasteiger partial charge in [0.2, 0.25) is 35.4 Å². The molecule has 0 bridgehead atoms. The molecule has 3 atom stereocenters. The van der Waals surface area contributed by atoms with Crippen molar-refractivity contribution in [2.24, 2.45) is 5.73 Å². The van der Waals surface area contributed by atoms with Crippen LogP contribution in [0.5, 0.6) is 0 Å². The highest BCUT2D eigenvalue weighted by Gasteiger charge is 2.25. The number of unbranched alkanes of at least 4 members (excludes halogenated alkanes) is 13. The quantitative estimate of drug-likeness (QED) is 0.0382. The first kappa shape index (κ1) is 63.5. The summed E-state index contributed by atoms with van der Waals surface area (Å²) in [4.78, 5) is 118. The predicted molar refractivity (Wildman–Crippen MR) is 246 cm³/mol. The van der Waals surface area contributed by atoms with Gasteiger partial charge in [-0.15, -0.1) is 0 Å². The summed E-state index contributed by atoms with van der Waals surface area (Å²) in [6.07, 6.45) is 13.5. The molecule has 0 aliphatic rings. The molecule has 0 aromatic heterocycles. The van der Waals surface area contributed by atoms with E-state index >= 15 is 0 Å². The second kappa shape index (κ2) is 42.6. The summed E-state index contributed by atoms with van der Waals surface area (Å²) >= 11 is 0. The zero-order valence-corrected chi connectivity index (χ0v) is 39.9. The number of carboxylic acid groups (broad SMARTS) is 4. The van der Waals surface area contributed by atoms with Gasteiger partial charge in [-0.3, -0.25) is 33.6 Å². The van der Waals surface area contributed by atoms with Crippen LogP contribution in [-0.4, -0.2) is 164 Å². The van der Waals surface area contributed by atoms with E-state index in [1.165, 1.54) is 32.1 Å². The molecule has 396 valence electrons. The number of hydrogen-bond acceptors (Lipinski definition) is 14. The third-order valence-electron chi connectivity index (χ3n) is 10.3. The molecule has 24 heteroatoms. The molecule has 0 aromatic rings. The number of rotatable bonds is 48. The van der Waals surface area contributed by atoms with Crippen molar-refractivity contribution in [3.8, 4) is 0 Å². The second-order valence-corrected chi connectivity index (χ2v) is 16.3. The van der Waals surface area contributed by atoms with Crippen LogP contribution >= 0.6 is 0 Å². The maximum absolute atomic E-state index is 12.4. The van der Waals surface area contributed by atoms with Gasteiger partial charge < -0.3 is 71.7 Å². The van der Waals surface area contributed by atoms with Gasteiger partial charge in [-0.05, 0) is 32.1 Å². The molecule has 11 N–H and O–H groups in total. The number of ether oxygens (including phenoxy) is 4. The average Bonchev–Trinajstić information content (AvgIpc) is 3.28. The van der Waals surface area contributed by atoms with E-state index in [1.54, 1.807) is 0 Å². The Kier molecular flexibility index (Phi) is 39.3. The van der Waals surface area contributed by atoms with Gasteiger partial charge in [-0.2, -0.15) is 0 Å². The molecule has 0 aliphatic heterocycles. The van der Waals surface area contributed by atoms with Crippen LogP contribution in [0.2, 0.25) is 0 Å². The summed E-state index contributed by atoms with van der Waals surface area (Å²) in [7, 11) is 0. The van der Waals surface area contributed by atoms with Crippen LogP contribution in [0.1, 0.15) is 141 Å². The first-order valence-electron chi connectivity index (χ1n) is 23.9. The molecule has 0 fully saturated rings. The summed E-state index contributed by atoms with van der Waals surface area (Å²) in [6.45, 7) is -0.175. The summed E-state index contributed by atoms with van der Waals surface area (Å²) in [6, 6.07) is -4.14. The van der Waals surface area contributed by atoms with Crippen molar-refractivity contribution in [3.63, 3.8) is 0 Å². The van der Waals surface area contributed by atoms with Gasteiger partial charge in [0.15, 0.2) is 0 Å². The van der Waals surface area contributed by atoms with Gasteiger partial charge in [0.25, 0.3) is 0 Å². The molecule has 0 aliphatic carbocycles. The Morgan fingerprint density at radius 1 is 0.362 bits per heavy atom. The largest absolute Gasteiger partial charge is 0.481 e. The van der Waals surface area contributed by atoms with Gasteiger partial charge >= 0.3 is 23.9 Å². The number of primary amides is 1. The molecule has 0 aromatic carbocycles. The minimum atomic E-state index is -1.50. The van der Waals surface area contributed by atoms with Gasteiger partial charge in [0.1, 0.15) is 31.3 Å². The maximum Gasteiger partial charge on any atom is 0.326 e. The molecule has 24 nitrogen and oxygen atoms in total. The molecule has 0 spiro atoms. The SMILES string of the molecule is NC(=O)COCCOCCNC(=O)CCC(NC(=O)CCC(NC(=O)COCCOCCNC(=O)CCC(NC(=O)CCCCCCCCCCCCCCCCC(=O)O)C(=O)O)C(=O)O)C(=O)O. The standard InChI is InChI=1S/C45H78N6O18/c46-36(52)31-68-29-27-66-25-23-47-38(54)21-18-34(44(62)63)50-40(56)22-19-35(45(64)65)51-41(57)32-69-30-28-67-26-24-48-37(53)20-17-33(43(60)61)49-39(55)15-13-11-9-7-5-3-1-2-4-6-8-10-12-14-16-42(58)59/h33-35H,1-32H2,(H2,46,52)(H,47,54)(H,48,53)(H,49,55)(H,50,56)(H,51,57)(H,58,59)(H,60,61)(H,62,63)(H,64,65). The minimum Gasteiger partial charge on any atom is -0.481 e. The van der Waals surface area contributed by atoms with Crippen LogP contribution in [0, 0.1) is 0 Å². The third kappa shape index (κ3) is 41.3. The zero-order valence-electron chi connectivity index (χ0n) is 39.9. The Labute approximate surface area is 403 Å². The highest BCUT2D eigenvalue weighted by atomic mass is 16.5. The van der Waals surface area contributed by atoms with E-state index in [1.807, 2.05) is 0 Å². The van der Waals surface area contributed by atoms with E-state index in [0.717, 1.165) is 51.4 Å². The van der Waals surface area contributed by atoms with Crippen LogP contribution in [0.25, 0.3) is 0 Å². The molecule has 0 radical (unpaired) electrons. The number of aliphatic carboxylic acids is 4. The Morgan fingerprint density at radius 2 is 0.681 bits per heavy atom. The molecule has 0 rings (SSSR count). The smallest absolute Gasteiger partial charge is 0.326 e. The van der Waals surface area contributed by atoms with Crippen molar-refractivity contribution in [1.29, 1.82) is 0 Å². The maximum atomic E-state index is 12.4. The van der Waals surface area contributed by atoms with Crippen LogP contribution in [0.3, 0.4) is 0 Å². The summed E-state index contributed by atoms with van der Waals surface area (Å²) in [5.74, 6) is -8.38. The van der Waals surface area contributed by atoms with E-state index in [2.05, 4.69) is 26.6 Å². The van der Waals surface area contributed by atoms with Crippen LogP contribution in [-0.2, 0) is 66.9 Å². The average molecular weight is 991 g/mol. The number of amides is 6. The van der Waals surface area contributed by atoms with Crippen molar-refractivity contribution in [1.82, 2.24) is 26.6 Å². The molecule has 6 amide bonds. The van der Waals surface area contributed by atoms with Crippen molar-refractivity contribution < 1.29 is 87.3 Å². The van der Waals surface area contributed by atoms with E-state index in [9.17, 15) is 63.3 Å². The fourth-order valence-electron chi connectivity index (χ4n) is 6.53. The molecular formula is C45H78N6O18. The number of carboxylic acids is 4. The number of carbonyl (C=O) groups excluding carboxylic acids is 6. The van der Waals surface area contributed by atoms with Crippen molar-refractivity contribution in [2.45, 2.75) is 159 Å². The van der Waals surface area contributed by atoms with Crippen LogP contribution in [0.15, 0.2) is 0 Å². The fraction of sp³-hybridized carbons (Fsp3) is 0.778. The lowest BCUT2D eigenvalue weighted by Crippen LogP contribution is -2.45. The third-order valence-corrected chi connectivity index (χ3v) is 10.3. The van der Waals surface area contributed by atoms with E-state index in [0.29, 0.717) is 6.42 Å². The number of nitrogens with one attached hydrogen (secondary N) is 5. The van der Waals surface area contributed by atoms with Crippen LogP contribution in [0.4, 0.5) is 0 Å². The Hall–Kier alpha value is -5.46. The summed E-state index contributed by atoms with van der Waals surface area (Å²) < 4.78 is 20.6. The first-order valence-corrected chi connectivity index (χ1v) is 23.9. The lowest BCUT2D eigenvalue weighted by Gasteiger charge is -2.17. The lowest BCUT2D eigenvalue weighted by atomic mass is 10.0. The van der Waals surface area contributed by atoms with Gasteiger partial charge in [-0.1, -0.05) is 77.0 Å². The van der Waals surface area contributed by atoms with Crippen molar-refractivity contribution in [2.75, 3.05) is 65.9 Å². The van der Waals surface area contributed by atoms with Crippen LogP contribution < -0.4 is 32.3 Å². The number of nitrogens with two attached hydrogens (primary N) is 1. The summed E-state index contributed by atoms with van der Waals surface area (Å²) in [5.41, 5.74) is 4.94. The molecule has 3 unspecified atom stereocenters. The second-order valence-electron chi connectivity index (χ2n) is 16.3. The van der Waals surface area contributed by atoms with Crippen molar-refractivity contribution >= 4 is 59.3 Å². The monoisotopic (exact) mass is 991 g/mol. The Morgan fingerprint density at radius 3 is 1.06 bits per heavy atom. The first-order chi connectivity index (χ1) is 33.0. The Balaban J connectivity index is 4.10. The van der Waals surface area contributed by atoms with Gasteiger partial charge in [0, 0.05) is 45.2 Å². The normalized spacial score (nSPS) is 12.2. The van der Waals surface area contributed by atoms with E-state index in [4.69, 9.17) is 29.8 Å². The predicted octanol–water partition coefficient (Wildman–Crippen LogP) is 1.15. The van der Waals surface area contributed by atoms with E-state index < -0.39 is 84.6 Å².